The van der Waals surface area contributed by atoms with Crippen molar-refractivity contribution >= 4 is 28.1 Å². The zero-order valence-corrected chi connectivity index (χ0v) is 15.4. The Morgan fingerprint density at radius 3 is 2.89 bits per heavy atom. The number of rotatable bonds is 6. The van der Waals surface area contributed by atoms with E-state index in [0.717, 1.165) is 41.8 Å². The van der Waals surface area contributed by atoms with Crippen molar-refractivity contribution in [2.75, 3.05) is 18.4 Å². The van der Waals surface area contributed by atoms with Gasteiger partial charge >= 0.3 is 0 Å². The molecule has 1 amide bonds. The summed E-state index contributed by atoms with van der Waals surface area (Å²) in [5, 5.41) is 8.29. The largest absolute Gasteiger partial charge is 0.361 e. The molecule has 4 rings (SSSR count). The number of nitrogens with zero attached hydrogens (tertiary/aromatic N) is 4. The van der Waals surface area contributed by atoms with Crippen LogP contribution in [0.4, 0.5) is 5.69 Å². The third-order valence-corrected chi connectivity index (χ3v) is 4.77. The predicted octanol–water partition coefficient (Wildman–Crippen LogP) is 3.30. The van der Waals surface area contributed by atoms with Crippen LogP contribution in [-0.4, -0.2) is 43.5 Å². The minimum atomic E-state index is -0.219. The Morgan fingerprint density at radius 2 is 2.07 bits per heavy atom. The molecular formula is C20H22N6O. The van der Waals surface area contributed by atoms with E-state index in [0.29, 0.717) is 11.2 Å². The third kappa shape index (κ3) is 3.41. The Bertz CT molecular complexity index is 1090. The quantitative estimate of drug-likeness (QED) is 0.552. The normalized spacial score (nSPS) is 11.5. The van der Waals surface area contributed by atoms with Gasteiger partial charge in [-0.3, -0.25) is 9.69 Å². The molecule has 138 valence electrons. The van der Waals surface area contributed by atoms with Crippen LogP contribution in [0.2, 0.25) is 0 Å². The van der Waals surface area contributed by atoms with E-state index in [1.54, 1.807) is 10.7 Å². The molecule has 0 saturated carbocycles. The van der Waals surface area contributed by atoms with Gasteiger partial charge in [-0.05, 0) is 37.4 Å². The summed E-state index contributed by atoms with van der Waals surface area (Å²) in [4.78, 5) is 22.6. The van der Waals surface area contributed by atoms with Crippen molar-refractivity contribution in [2.45, 2.75) is 20.4 Å². The minimum absolute atomic E-state index is 0.219. The van der Waals surface area contributed by atoms with E-state index >= 15 is 0 Å². The molecule has 0 fully saturated rings. The molecule has 0 bridgehead atoms. The highest BCUT2D eigenvalue weighted by atomic mass is 16.1. The molecule has 2 N–H and O–H groups in total. The number of aromatic nitrogens is 4. The lowest BCUT2D eigenvalue weighted by Gasteiger charge is -2.17. The minimum Gasteiger partial charge on any atom is -0.361 e. The predicted molar refractivity (Wildman–Crippen MR) is 106 cm³/mol. The topological polar surface area (TPSA) is 78.3 Å². The smallest absolute Gasteiger partial charge is 0.261 e. The van der Waals surface area contributed by atoms with Gasteiger partial charge < -0.3 is 10.3 Å². The van der Waals surface area contributed by atoms with E-state index in [2.05, 4.69) is 39.1 Å². The van der Waals surface area contributed by atoms with Gasteiger partial charge in [0.25, 0.3) is 5.91 Å². The summed E-state index contributed by atoms with van der Waals surface area (Å²) in [6.45, 7) is 7.04. The van der Waals surface area contributed by atoms with Crippen LogP contribution in [0, 0.1) is 0 Å². The van der Waals surface area contributed by atoms with E-state index in [9.17, 15) is 4.79 Å². The number of benzene rings is 1. The number of hydrogen-bond acceptors (Lipinski definition) is 4. The van der Waals surface area contributed by atoms with Crippen LogP contribution in [0.25, 0.3) is 16.6 Å². The Labute approximate surface area is 157 Å². The number of hydrogen-bond donors (Lipinski definition) is 2. The van der Waals surface area contributed by atoms with Crippen molar-refractivity contribution in [3.63, 3.8) is 0 Å². The maximum Gasteiger partial charge on any atom is 0.261 e. The van der Waals surface area contributed by atoms with Crippen LogP contribution >= 0.6 is 0 Å². The van der Waals surface area contributed by atoms with Gasteiger partial charge in [0.2, 0.25) is 0 Å². The van der Waals surface area contributed by atoms with Gasteiger partial charge in [-0.25, -0.2) is 9.50 Å². The van der Waals surface area contributed by atoms with E-state index in [1.807, 2.05) is 42.9 Å². The number of H-pyrrole nitrogens is 1. The van der Waals surface area contributed by atoms with Crippen molar-refractivity contribution in [3.05, 3.63) is 60.2 Å². The fourth-order valence-corrected chi connectivity index (χ4v) is 3.19. The first kappa shape index (κ1) is 17.2. The zero-order valence-electron chi connectivity index (χ0n) is 15.4. The van der Waals surface area contributed by atoms with Crippen molar-refractivity contribution in [3.8, 4) is 0 Å². The number of aromatic amines is 1. The second-order valence-corrected chi connectivity index (χ2v) is 6.48. The average Bonchev–Trinajstić information content (AvgIpc) is 3.32. The third-order valence-electron chi connectivity index (χ3n) is 4.77. The van der Waals surface area contributed by atoms with E-state index in [-0.39, 0.29) is 5.91 Å². The molecule has 27 heavy (non-hydrogen) atoms. The first-order valence-corrected chi connectivity index (χ1v) is 9.11. The lowest BCUT2D eigenvalue weighted by Crippen LogP contribution is -2.22. The van der Waals surface area contributed by atoms with Gasteiger partial charge in [0.1, 0.15) is 5.56 Å². The Hall–Kier alpha value is -3.19. The van der Waals surface area contributed by atoms with E-state index in [1.165, 1.54) is 0 Å². The molecule has 0 unspecified atom stereocenters. The SMILES string of the molecule is CCN(CC)Cc1cnc2c(C(=O)Nc3ccc4[nH]ccc4c3)cnn2c1. The van der Waals surface area contributed by atoms with Gasteiger partial charge in [-0.15, -0.1) is 0 Å². The van der Waals surface area contributed by atoms with E-state index < -0.39 is 0 Å². The van der Waals surface area contributed by atoms with Crippen molar-refractivity contribution in [1.82, 2.24) is 24.5 Å². The molecule has 0 atom stereocenters. The summed E-state index contributed by atoms with van der Waals surface area (Å²) < 4.78 is 1.67. The number of fused-ring (bicyclic) bond motifs is 2. The van der Waals surface area contributed by atoms with Gasteiger partial charge in [0, 0.05) is 47.3 Å². The summed E-state index contributed by atoms with van der Waals surface area (Å²) >= 11 is 0. The molecule has 0 radical (unpaired) electrons. The first-order chi connectivity index (χ1) is 13.2. The summed E-state index contributed by atoms with van der Waals surface area (Å²) in [7, 11) is 0. The fraction of sp³-hybridized carbons (Fsp3) is 0.250. The molecule has 3 heterocycles. The number of carbonyl (C=O) groups excluding carboxylic acids is 1. The molecule has 0 spiro atoms. The molecule has 0 aliphatic rings. The average molecular weight is 362 g/mol. The monoisotopic (exact) mass is 362 g/mol. The molecule has 7 heteroatoms. The second-order valence-electron chi connectivity index (χ2n) is 6.48. The summed E-state index contributed by atoms with van der Waals surface area (Å²) in [6, 6.07) is 7.72. The molecule has 1 aromatic carbocycles. The second kappa shape index (κ2) is 7.20. The molecule has 7 nitrogen and oxygen atoms in total. The maximum absolute atomic E-state index is 12.7. The lowest BCUT2D eigenvalue weighted by atomic mass is 10.2. The van der Waals surface area contributed by atoms with Gasteiger partial charge in [-0.2, -0.15) is 5.10 Å². The summed E-state index contributed by atoms with van der Waals surface area (Å²) in [5.41, 5.74) is 3.85. The van der Waals surface area contributed by atoms with Crippen LogP contribution < -0.4 is 5.32 Å². The highest BCUT2D eigenvalue weighted by molar-refractivity contribution is 6.08. The van der Waals surface area contributed by atoms with Crippen LogP contribution in [0.15, 0.2) is 49.1 Å². The number of anilines is 1. The maximum atomic E-state index is 12.7. The number of nitrogens with one attached hydrogen (secondary N) is 2. The fourth-order valence-electron chi connectivity index (χ4n) is 3.19. The molecular weight excluding hydrogens is 340 g/mol. The molecule has 4 aromatic rings. The van der Waals surface area contributed by atoms with Gasteiger partial charge in [-0.1, -0.05) is 13.8 Å². The Kier molecular flexibility index (Phi) is 4.60. The first-order valence-electron chi connectivity index (χ1n) is 9.11. The highest BCUT2D eigenvalue weighted by Crippen LogP contribution is 2.19. The summed E-state index contributed by atoms with van der Waals surface area (Å²) in [5.74, 6) is -0.219. The molecule has 0 saturated heterocycles. The standard InChI is InChI=1S/C20H22N6O/c1-3-25(4-2)12-14-10-22-19-17(11-23-26(19)13-14)20(27)24-16-5-6-18-15(9-16)7-8-21-18/h5-11,13,21H,3-4,12H2,1-2H3,(H,24,27). The molecule has 0 aliphatic heterocycles. The number of amides is 1. The Balaban J connectivity index is 1.56. The van der Waals surface area contributed by atoms with Crippen molar-refractivity contribution in [2.24, 2.45) is 0 Å². The number of carbonyl (C=O) groups is 1. The van der Waals surface area contributed by atoms with Crippen LogP contribution in [0.1, 0.15) is 29.8 Å². The lowest BCUT2D eigenvalue weighted by molar-refractivity contribution is 0.102. The van der Waals surface area contributed by atoms with Crippen LogP contribution in [-0.2, 0) is 6.54 Å². The van der Waals surface area contributed by atoms with Gasteiger partial charge in [0.05, 0.1) is 6.20 Å². The van der Waals surface area contributed by atoms with E-state index in [4.69, 9.17) is 0 Å². The Morgan fingerprint density at radius 1 is 1.22 bits per heavy atom. The van der Waals surface area contributed by atoms with Crippen LogP contribution in [0.5, 0.6) is 0 Å². The molecule has 3 aromatic heterocycles. The van der Waals surface area contributed by atoms with Crippen LogP contribution in [0.3, 0.4) is 0 Å². The summed E-state index contributed by atoms with van der Waals surface area (Å²) in [6.07, 6.45) is 7.19. The van der Waals surface area contributed by atoms with Crippen molar-refractivity contribution in [1.29, 1.82) is 0 Å². The van der Waals surface area contributed by atoms with Crippen molar-refractivity contribution < 1.29 is 4.79 Å². The zero-order chi connectivity index (χ0) is 18.8. The highest BCUT2D eigenvalue weighted by Gasteiger charge is 2.15. The van der Waals surface area contributed by atoms with Gasteiger partial charge in [0.15, 0.2) is 5.65 Å². The molecule has 0 aliphatic carbocycles.